The van der Waals surface area contributed by atoms with Gasteiger partial charge in [0.05, 0.1) is 12.3 Å². The highest BCUT2D eigenvalue weighted by atomic mass is 35.5. The Morgan fingerprint density at radius 1 is 1.33 bits per heavy atom. The fraction of sp³-hybridized carbons (Fsp3) is 0.154. The zero-order valence-electron chi connectivity index (χ0n) is 10.7. The minimum Gasteiger partial charge on any atom is -0.476 e. The van der Waals surface area contributed by atoms with Crippen molar-refractivity contribution in [3.8, 4) is 0 Å². The number of aromatic nitrogens is 1. The van der Waals surface area contributed by atoms with E-state index in [0.717, 1.165) is 4.90 Å². The quantitative estimate of drug-likeness (QED) is 0.789. The molecule has 2 aromatic rings. The van der Waals surface area contributed by atoms with Crippen LogP contribution in [0.3, 0.4) is 0 Å². The van der Waals surface area contributed by atoms with Crippen molar-refractivity contribution in [2.75, 3.05) is 5.75 Å². The molecule has 1 aromatic carbocycles. The molecule has 0 aliphatic heterocycles. The molecule has 5 nitrogen and oxygen atoms in total. The lowest BCUT2D eigenvalue weighted by Gasteiger charge is -2.03. The molecular weight excluding hydrogens is 332 g/mol. The van der Waals surface area contributed by atoms with Crippen molar-refractivity contribution >= 4 is 46.6 Å². The summed E-state index contributed by atoms with van der Waals surface area (Å²) in [5.74, 6) is -0.928. The Kier molecular flexibility index (Phi) is 5.60. The van der Waals surface area contributed by atoms with Gasteiger partial charge in [-0.05, 0) is 24.3 Å². The van der Waals surface area contributed by atoms with Gasteiger partial charge in [0, 0.05) is 15.3 Å². The molecule has 110 valence electrons. The van der Waals surface area contributed by atoms with Gasteiger partial charge >= 0.3 is 5.97 Å². The van der Waals surface area contributed by atoms with Crippen molar-refractivity contribution in [2.24, 2.45) is 0 Å². The summed E-state index contributed by atoms with van der Waals surface area (Å²) in [6, 6.07) is 7.23. The van der Waals surface area contributed by atoms with Gasteiger partial charge in [-0.25, -0.2) is 9.78 Å². The number of nitrogens with one attached hydrogen (secondary N) is 1. The number of thioether (sulfide) groups is 1. The minimum atomic E-state index is -1.07. The topological polar surface area (TPSA) is 79.3 Å². The number of hydrogen-bond donors (Lipinski definition) is 2. The zero-order chi connectivity index (χ0) is 15.2. The Balaban J connectivity index is 1.76. The summed E-state index contributed by atoms with van der Waals surface area (Å²) in [4.78, 5) is 27.2. The molecule has 0 saturated carbocycles. The van der Waals surface area contributed by atoms with E-state index in [4.69, 9.17) is 16.7 Å². The number of carbonyl (C=O) groups is 2. The van der Waals surface area contributed by atoms with E-state index in [1.807, 2.05) is 12.1 Å². The summed E-state index contributed by atoms with van der Waals surface area (Å²) >= 11 is 8.39. The molecule has 0 unspecified atom stereocenters. The molecule has 0 radical (unpaired) electrons. The molecule has 1 heterocycles. The van der Waals surface area contributed by atoms with Crippen LogP contribution in [0.4, 0.5) is 0 Å². The van der Waals surface area contributed by atoms with Crippen molar-refractivity contribution in [2.45, 2.75) is 11.4 Å². The number of rotatable bonds is 6. The second-order valence-electron chi connectivity index (χ2n) is 3.95. The second-order valence-corrected chi connectivity index (χ2v) is 6.38. The molecule has 1 aromatic heterocycles. The van der Waals surface area contributed by atoms with Crippen LogP contribution < -0.4 is 5.32 Å². The van der Waals surface area contributed by atoms with Crippen LogP contribution in [0, 0.1) is 0 Å². The van der Waals surface area contributed by atoms with Crippen molar-refractivity contribution < 1.29 is 14.7 Å². The summed E-state index contributed by atoms with van der Waals surface area (Å²) in [7, 11) is 0. The highest BCUT2D eigenvalue weighted by Crippen LogP contribution is 2.20. The molecule has 0 aliphatic rings. The molecule has 0 aliphatic carbocycles. The second kappa shape index (κ2) is 7.44. The summed E-state index contributed by atoms with van der Waals surface area (Å²) in [6.07, 6.45) is 0. The maximum Gasteiger partial charge on any atom is 0.355 e. The lowest BCUT2D eigenvalue weighted by Crippen LogP contribution is -2.24. The zero-order valence-corrected chi connectivity index (χ0v) is 13.1. The van der Waals surface area contributed by atoms with Gasteiger partial charge < -0.3 is 10.4 Å². The third-order valence-electron chi connectivity index (χ3n) is 2.39. The van der Waals surface area contributed by atoms with Crippen LogP contribution in [0.5, 0.6) is 0 Å². The number of nitrogens with zero attached hydrogens (tertiary/aromatic N) is 1. The predicted molar refractivity (Wildman–Crippen MR) is 83.1 cm³/mol. The smallest absolute Gasteiger partial charge is 0.355 e. The summed E-state index contributed by atoms with van der Waals surface area (Å²) < 4.78 is 0. The van der Waals surface area contributed by atoms with Crippen LogP contribution in [0.1, 0.15) is 15.5 Å². The van der Waals surface area contributed by atoms with Crippen LogP contribution in [0.2, 0.25) is 5.02 Å². The van der Waals surface area contributed by atoms with E-state index >= 15 is 0 Å². The number of aromatic carboxylic acids is 1. The van der Waals surface area contributed by atoms with Crippen molar-refractivity contribution in [1.29, 1.82) is 0 Å². The molecule has 2 N–H and O–H groups in total. The number of halogens is 1. The van der Waals surface area contributed by atoms with Crippen LogP contribution in [0.25, 0.3) is 0 Å². The summed E-state index contributed by atoms with van der Waals surface area (Å²) in [5.41, 5.74) is -0.000196. The molecular formula is C13H11ClN2O3S2. The molecule has 2 rings (SSSR count). The van der Waals surface area contributed by atoms with Crippen molar-refractivity contribution in [3.63, 3.8) is 0 Å². The average Bonchev–Trinajstić information content (AvgIpc) is 2.93. The van der Waals surface area contributed by atoms with E-state index in [2.05, 4.69) is 10.3 Å². The van der Waals surface area contributed by atoms with Gasteiger partial charge in [-0.1, -0.05) is 11.6 Å². The standard InChI is InChI=1S/C13H11ClN2O3S2/c14-8-1-3-9(4-2-8)20-7-11(17)15-5-12-16-10(6-21-12)13(18)19/h1-4,6H,5,7H2,(H,15,17)(H,18,19). The maximum atomic E-state index is 11.7. The van der Waals surface area contributed by atoms with E-state index in [-0.39, 0.29) is 23.9 Å². The fourth-order valence-electron chi connectivity index (χ4n) is 1.40. The number of benzene rings is 1. The molecule has 8 heteroatoms. The Labute approximate surface area is 134 Å². The van der Waals surface area contributed by atoms with E-state index < -0.39 is 5.97 Å². The monoisotopic (exact) mass is 342 g/mol. The number of hydrogen-bond acceptors (Lipinski definition) is 5. The predicted octanol–water partition coefficient (Wildman–Crippen LogP) is 2.90. The molecule has 1 amide bonds. The number of amides is 1. The van der Waals surface area contributed by atoms with Gasteiger partial charge in [0.15, 0.2) is 5.69 Å². The number of carboxylic acids is 1. The van der Waals surface area contributed by atoms with Gasteiger partial charge in [-0.3, -0.25) is 4.79 Å². The summed E-state index contributed by atoms with van der Waals surface area (Å²) in [6.45, 7) is 0.234. The van der Waals surface area contributed by atoms with E-state index in [1.165, 1.54) is 28.5 Å². The highest BCUT2D eigenvalue weighted by Gasteiger charge is 2.09. The maximum absolute atomic E-state index is 11.7. The SMILES string of the molecule is O=C(CSc1ccc(Cl)cc1)NCc1nc(C(=O)O)cs1. The first-order chi connectivity index (χ1) is 10.0. The van der Waals surface area contributed by atoms with Gasteiger partial charge in [-0.2, -0.15) is 0 Å². The van der Waals surface area contributed by atoms with E-state index in [0.29, 0.717) is 10.0 Å². The van der Waals surface area contributed by atoms with E-state index in [1.54, 1.807) is 12.1 Å². The largest absolute Gasteiger partial charge is 0.476 e. The summed E-state index contributed by atoms with van der Waals surface area (Å²) in [5, 5.41) is 14.1. The minimum absolute atomic E-state index is 0.000196. The third kappa shape index (κ3) is 5.04. The van der Waals surface area contributed by atoms with Crippen LogP contribution in [0.15, 0.2) is 34.5 Å². The Hall–Kier alpha value is -1.57. The number of carboxylic acid groups (broad SMARTS) is 1. The molecule has 0 saturated heterocycles. The Morgan fingerprint density at radius 2 is 2.05 bits per heavy atom. The van der Waals surface area contributed by atoms with Crippen LogP contribution in [-0.4, -0.2) is 27.7 Å². The first-order valence-corrected chi connectivity index (χ1v) is 8.11. The van der Waals surface area contributed by atoms with Gasteiger partial charge in [0.25, 0.3) is 0 Å². The molecule has 0 spiro atoms. The van der Waals surface area contributed by atoms with Crippen LogP contribution in [-0.2, 0) is 11.3 Å². The van der Waals surface area contributed by atoms with Gasteiger partial charge in [0.2, 0.25) is 5.91 Å². The lowest BCUT2D eigenvalue weighted by atomic mass is 10.4. The first kappa shape index (κ1) is 15.8. The Bertz CT molecular complexity index is 643. The lowest BCUT2D eigenvalue weighted by molar-refractivity contribution is -0.118. The fourth-order valence-corrected chi connectivity index (χ4v) is 2.96. The average molecular weight is 343 g/mol. The van der Waals surface area contributed by atoms with E-state index in [9.17, 15) is 9.59 Å². The first-order valence-electron chi connectivity index (χ1n) is 5.87. The van der Waals surface area contributed by atoms with Crippen molar-refractivity contribution in [1.82, 2.24) is 10.3 Å². The van der Waals surface area contributed by atoms with Crippen LogP contribution >= 0.6 is 34.7 Å². The number of carbonyl (C=O) groups excluding carboxylic acids is 1. The van der Waals surface area contributed by atoms with Gasteiger partial charge in [0.1, 0.15) is 5.01 Å². The Morgan fingerprint density at radius 3 is 2.67 bits per heavy atom. The highest BCUT2D eigenvalue weighted by molar-refractivity contribution is 8.00. The molecule has 0 bridgehead atoms. The molecule has 21 heavy (non-hydrogen) atoms. The third-order valence-corrected chi connectivity index (χ3v) is 4.50. The normalized spacial score (nSPS) is 10.3. The number of thiazole rings is 1. The van der Waals surface area contributed by atoms with Gasteiger partial charge in [-0.15, -0.1) is 23.1 Å². The molecule has 0 fully saturated rings. The molecule has 0 atom stereocenters. The van der Waals surface area contributed by atoms with Crippen molar-refractivity contribution in [3.05, 3.63) is 45.4 Å².